The largest absolute Gasteiger partial charge is 0.488 e. The summed E-state index contributed by atoms with van der Waals surface area (Å²) in [6.45, 7) is 1.15. The van der Waals surface area contributed by atoms with Crippen molar-refractivity contribution in [1.82, 2.24) is 4.98 Å². The van der Waals surface area contributed by atoms with Gasteiger partial charge in [-0.05, 0) is 19.1 Å². The van der Waals surface area contributed by atoms with Gasteiger partial charge in [0, 0.05) is 6.20 Å². The fraction of sp³-hybridized carbons (Fsp3) is 0.400. The van der Waals surface area contributed by atoms with E-state index in [1.54, 1.807) is 18.3 Å². The molecule has 0 saturated heterocycles. The molecule has 0 aliphatic carbocycles. The number of ether oxygens (including phenoxy) is 2. The van der Waals surface area contributed by atoms with Gasteiger partial charge < -0.3 is 14.6 Å². The van der Waals surface area contributed by atoms with Gasteiger partial charge in [-0.25, -0.2) is 4.79 Å². The van der Waals surface area contributed by atoms with E-state index in [9.17, 15) is 9.90 Å². The van der Waals surface area contributed by atoms with Crippen LogP contribution in [-0.2, 0) is 9.53 Å². The molecule has 1 heterocycles. The van der Waals surface area contributed by atoms with Gasteiger partial charge >= 0.3 is 5.97 Å². The molecule has 1 unspecified atom stereocenters. The Morgan fingerprint density at radius 1 is 1.67 bits per heavy atom. The topological polar surface area (TPSA) is 68.7 Å². The summed E-state index contributed by atoms with van der Waals surface area (Å²) in [5, 5.41) is 9.62. The Morgan fingerprint density at radius 3 is 2.93 bits per heavy atom. The maximum atomic E-state index is 11.1. The molecule has 1 aromatic rings. The molecule has 0 aliphatic rings. The molecule has 1 aromatic heterocycles. The summed E-state index contributed by atoms with van der Waals surface area (Å²) in [7, 11) is 1.21. The Labute approximate surface area is 87.7 Å². The molecule has 1 N–H and O–H groups in total. The highest BCUT2D eigenvalue weighted by molar-refractivity contribution is 5.78. The van der Waals surface area contributed by atoms with Crippen molar-refractivity contribution in [2.24, 2.45) is 0 Å². The molecular formula is C10H13NO4. The zero-order chi connectivity index (χ0) is 11.3. The summed E-state index contributed by atoms with van der Waals surface area (Å²) in [4.78, 5) is 14.9. The third-order valence-electron chi connectivity index (χ3n) is 1.78. The third-order valence-corrected chi connectivity index (χ3v) is 1.78. The second-order valence-electron chi connectivity index (χ2n) is 3.24. The zero-order valence-corrected chi connectivity index (χ0v) is 8.64. The van der Waals surface area contributed by atoms with E-state index in [-0.39, 0.29) is 6.61 Å². The number of rotatable bonds is 4. The van der Waals surface area contributed by atoms with Crippen molar-refractivity contribution < 1.29 is 19.4 Å². The summed E-state index contributed by atoms with van der Waals surface area (Å²) < 4.78 is 9.60. The molecule has 1 rings (SSSR count). The monoisotopic (exact) mass is 211 g/mol. The lowest BCUT2D eigenvalue weighted by Gasteiger charge is -2.20. The van der Waals surface area contributed by atoms with Gasteiger partial charge in [0.05, 0.1) is 13.3 Å². The molecule has 0 radical (unpaired) electrons. The standard InChI is InChI=1S/C10H13NO4/c1-10(13,9(12)14-2)7-15-8-4-3-5-11-6-8/h3-6,13H,7H2,1-2H3. The number of aromatic nitrogens is 1. The van der Waals surface area contributed by atoms with Crippen LogP contribution in [0.15, 0.2) is 24.5 Å². The van der Waals surface area contributed by atoms with Crippen molar-refractivity contribution in [2.45, 2.75) is 12.5 Å². The Bertz CT molecular complexity index is 323. The Balaban J connectivity index is 2.53. The third kappa shape index (κ3) is 3.21. The van der Waals surface area contributed by atoms with Crippen molar-refractivity contribution in [3.05, 3.63) is 24.5 Å². The van der Waals surface area contributed by atoms with E-state index in [0.717, 1.165) is 0 Å². The highest BCUT2D eigenvalue weighted by Gasteiger charge is 2.32. The predicted octanol–water partition coefficient (Wildman–Crippen LogP) is 0.384. The van der Waals surface area contributed by atoms with Crippen molar-refractivity contribution in [3.8, 4) is 5.75 Å². The first-order valence-corrected chi connectivity index (χ1v) is 4.40. The van der Waals surface area contributed by atoms with Crippen LogP contribution in [-0.4, -0.2) is 35.4 Å². The fourth-order valence-corrected chi connectivity index (χ4v) is 0.935. The minimum atomic E-state index is -1.65. The molecule has 82 valence electrons. The number of hydrogen-bond donors (Lipinski definition) is 1. The normalized spacial score (nSPS) is 14.1. The van der Waals surface area contributed by atoms with Crippen LogP contribution < -0.4 is 4.74 Å². The van der Waals surface area contributed by atoms with Crippen LogP contribution >= 0.6 is 0 Å². The number of esters is 1. The van der Waals surface area contributed by atoms with Gasteiger partial charge in [-0.1, -0.05) is 0 Å². The van der Waals surface area contributed by atoms with Gasteiger partial charge in [0.2, 0.25) is 0 Å². The van der Waals surface area contributed by atoms with E-state index in [2.05, 4.69) is 9.72 Å². The summed E-state index contributed by atoms with van der Waals surface area (Å²) in [5.74, 6) is -0.243. The first kappa shape index (κ1) is 11.5. The van der Waals surface area contributed by atoms with E-state index in [1.807, 2.05) is 0 Å². The molecule has 0 spiro atoms. The van der Waals surface area contributed by atoms with Crippen LogP contribution in [0.3, 0.4) is 0 Å². The molecule has 1 atom stereocenters. The number of pyridine rings is 1. The van der Waals surface area contributed by atoms with Crippen molar-refractivity contribution in [3.63, 3.8) is 0 Å². The number of hydrogen-bond acceptors (Lipinski definition) is 5. The van der Waals surface area contributed by atoms with Crippen LogP contribution in [0.25, 0.3) is 0 Å². The Kier molecular flexibility index (Phi) is 3.62. The highest BCUT2D eigenvalue weighted by atomic mass is 16.6. The Morgan fingerprint density at radius 2 is 2.40 bits per heavy atom. The number of carbonyl (C=O) groups excluding carboxylic acids is 1. The average Bonchev–Trinajstić information content (AvgIpc) is 2.27. The summed E-state index contributed by atoms with van der Waals surface area (Å²) >= 11 is 0. The SMILES string of the molecule is COC(=O)C(C)(O)COc1cccnc1. The molecule has 0 fully saturated rings. The summed E-state index contributed by atoms with van der Waals surface area (Å²) in [5.41, 5.74) is -1.65. The lowest BCUT2D eigenvalue weighted by atomic mass is 10.1. The summed E-state index contributed by atoms with van der Waals surface area (Å²) in [6, 6.07) is 3.38. The number of carbonyl (C=O) groups is 1. The minimum Gasteiger partial charge on any atom is -0.488 e. The van der Waals surface area contributed by atoms with Crippen molar-refractivity contribution in [2.75, 3.05) is 13.7 Å². The molecule has 0 saturated carbocycles. The van der Waals surface area contributed by atoms with Gasteiger partial charge in [-0.15, -0.1) is 0 Å². The smallest absolute Gasteiger partial charge is 0.341 e. The van der Waals surface area contributed by atoms with E-state index in [0.29, 0.717) is 5.75 Å². The van der Waals surface area contributed by atoms with Gasteiger partial charge in [0.15, 0.2) is 5.60 Å². The van der Waals surface area contributed by atoms with Crippen molar-refractivity contribution >= 4 is 5.97 Å². The van der Waals surface area contributed by atoms with Gasteiger partial charge in [-0.2, -0.15) is 0 Å². The second-order valence-corrected chi connectivity index (χ2v) is 3.24. The zero-order valence-electron chi connectivity index (χ0n) is 8.64. The lowest BCUT2D eigenvalue weighted by Crippen LogP contribution is -2.42. The van der Waals surface area contributed by atoms with E-state index < -0.39 is 11.6 Å². The molecule has 0 aromatic carbocycles. The lowest BCUT2D eigenvalue weighted by molar-refractivity contribution is -0.163. The van der Waals surface area contributed by atoms with E-state index in [1.165, 1.54) is 20.2 Å². The fourth-order valence-electron chi connectivity index (χ4n) is 0.935. The van der Waals surface area contributed by atoms with E-state index in [4.69, 9.17) is 4.74 Å². The first-order valence-electron chi connectivity index (χ1n) is 4.40. The molecule has 15 heavy (non-hydrogen) atoms. The highest BCUT2D eigenvalue weighted by Crippen LogP contribution is 2.11. The van der Waals surface area contributed by atoms with Crippen LogP contribution in [0.2, 0.25) is 0 Å². The van der Waals surface area contributed by atoms with Crippen LogP contribution in [0.5, 0.6) is 5.75 Å². The number of methoxy groups -OCH3 is 1. The molecule has 0 aliphatic heterocycles. The summed E-state index contributed by atoms with van der Waals surface area (Å²) in [6.07, 6.45) is 3.10. The second kappa shape index (κ2) is 4.75. The molecule has 0 amide bonds. The minimum absolute atomic E-state index is 0.175. The first-order chi connectivity index (χ1) is 7.06. The number of nitrogens with zero attached hydrogens (tertiary/aromatic N) is 1. The van der Waals surface area contributed by atoms with Gasteiger partial charge in [0.1, 0.15) is 12.4 Å². The van der Waals surface area contributed by atoms with Crippen LogP contribution in [0.1, 0.15) is 6.92 Å². The van der Waals surface area contributed by atoms with Crippen LogP contribution in [0, 0.1) is 0 Å². The maximum Gasteiger partial charge on any atom is 0.341 e. The average molecular weight is 211 g/mol. The maximum absolute atomic E-state index is 11.1. The quantitative estimate of drug-likeness (QED) is 0.729. The molecule has 5 heteroatoms. The molecule has 0 bridgehead atoms. The Hall–Kier alpha value is -1.62. The number of aliphatic hydroxyl groups is 1. The predicted molar refractivity (Wildman–Crippen MR) is 52.4 cm³/mol. The van der Waals surface area contributed by atoms with Crippen LogP contribution in [0.4, 0.5) is 0 Å². The molecular weight excluding hydrogens is 198 g/mol. The molecule has 5 nitrogen and oxygen atoms in total. The van der Waals surface area contributed by atoms with E-state index >= 15 is 0 Å². The van der Waals surface area contributed by atoms with Gasteiger partial charge in [0.25, 0.3) is 0 Å². The van der Waals surface area contributed by atoms with Crippen molar-refractivity contribution in [1.29, 1.82) is 0 Å². The van der Waals surface area contributed by atoms with Gasteiger partial charge in [-0.3, -0.25) is 4.98 Å².